The molecule has 0 aliphatic rings. The summed E-state index contributed by atoms with van der Waals surface area (Å²) in [5, 5.41) is 0. The number of hydrogen-bond acceptors (Lipinski definition) is 3. The Bertz CT molecular complexity index is 951. The lowest BCUT2D eigenvalue weighted by atomic mass is 10.2. The highest BCUT2D eigenvalue weighted by atomic mass is 79.9. The van der Waals surface area contributed by atoms with Crippen molar-refractivity contribution in [2.75, 3.05) is 7.11 Å². The minimum absolute atomic E-state index is 0.145. The Labute approximate surface area is 168 Å². The summed E-state index contributed by atoms with van der Waals surface area (Å²) in [6.45, 7) is 0.543. The summed E-state index contributed by atoms with van der Waals surface area (Å²) >= 11 is 3.36. The Balaban J connectivity index is 2.04. The zero-order chi connectivity index (χ0) is 19.3. The van der Waals surface area contributed by atoms with Gasteiger partial charge in [0.2, 0.25) is 10.0 Å². The van der Waals surface area contributed by atoms with Crippen LogP contribution in [0.15, 0.2) is 88.2 Å². The van der Waals surface area contributed by atoms with Crippen LogP contribution in [0.3, 0.4) is 0 Å². The second-order valence-electron chi connectivity index (χ2n) is 6.04. The summed E-state index contributed by atoms with van der Waals surface area (Å²) in [5.74, 6) is 0.323. The van der Waals surface area contributed by atoms with Gasteiger partial charge in [0.1, 0.15) is 10.6 Å². The van der Waals surface area contributed by atoms with Gasteiger partial charge in [0.05, 0.1) is 7.11 Å². The van der Waals surface area contributed by atoms with Crippen molar-refractivity contribution in [2.24, 2.45) is 0 Å². The van der Waals surface area contributed by atoms with E-state index in [1.807, 2.05) is 60.7 Å². The van der Waals surface area contributed by atoms with Crippen LogP contribution in [0, 0.1) is 0 Å². The summed E-state index contributed by atoms with van der Waals surface area (Å²) in [7, 11) is -2.31. The van der Waals surface area contributed by atoms with Crippen LogP contribution in [0.1, 0.15) is 11.1 Å². The molecule has 0 fully saturated rings. The molecule has 0 radical (unpaired) electrons. The van der Waals surface area contributed by atoms with Gasteiger partial charge in [-0.15, -0.1) is 0 Å². The second kappa shape index (κ2) is 8.69. The predicted molar refractivity (Wildman–Crippen MR) is 110 cm³/mol. The fourth-order valence-corrected chi connectivity index (χ4v) is 4.90. The number of benzene rings is 3. The normalized spacial score (nSPS) is 11.5. The van der Waals surface area contributed by atoms with Gasteiger partial charge in [-0.05, 0) is 29.3 Å². The quantitative estimate of drug-likeness (QED) is 0.522. The summed E-state index contributed by atoms with van der Waals surface area (Å²) in [5.41, 5.74) is 1.84. The first-order valence-electron chi connectivity index (χ1n) is 8.42. The van der Waals surface area contributed by atoms with Gasteiger partial charge >= 0.3 is 0 Å². The topological polar surface area (TPSA) is 46.6 Å². The number of halogens is 1. The molecular weight excluding hydrogens is 426 g/mol. The Kier molecular flexibility index (Phi) is 6.31. The van der Waals surface area contributed by atoms with Crippen molar-refractivity contribution in [3.05, 3.63) is 94.5 Å². The molecule has 0 spiro atoms. The van der Waals surface area contributed by atoms with Gasteiger partial charge in [0.25, 0.3) is 0 Å². The summed E-state index contributed by atoms with van der Waals surface area (Å²) in [4.78, 5) is 0.145. The van der Waals surface area contributed by atoms with E-state index in [4.69, 9.17) is 4.74 Å². The lowest BCUT2D eigenvalue weighted by Crippen LogP contribution is -2.30. The molecule has 3 rings (SSSR count). The van der Waals surface area contributed by atoms with Gasteiger partial charge in [0, 0.05) is 17.6 Å². The smallest absolute Gasteiger partial charge is 0.247 e. The van der Waals surface area contributed by atoms with Crippen LogP contribution in [0.25, 0.3) is 0 Å². The Morgan fingerprint density at radius 1 is 0.852 bits per heavy atom. The van der Waals surface area contributed by atoms with E-state index in [1.54, 1.807) is 18.2 Å². The average molecular weight is 446 g/mol. The van der Waals surface area contributed by atoms with E-state index in [0.717, 1.165) is 11.1 Å². The van der Waals surface area contributed by atoms with Crippen LogP contribution >= 0.6 is 15.9 Å². The largest absolute Gasteiger partial charge is 0.495 e. The molecular formula is C21H20BrNO3S. The first-order valence-corrected chi connectivity index (χ1v) is 10.7. The molecule has 0 N–H and O–H groups in total. The molecule has 0 atom stereocenters. The first-order chi connectivity index (χ1) is 13.0. The zero-order valence-electron chi connectivity index (χ0n) is 14.9. The predicted octanol–water partition coefficient (Wildman–Crippen LogP) is 4.85. The third kappa shape index (κ3) is 4.77. The van der Waals surface area contributed by atoms with Crippen molar-refractivity contribution in [3.8, 4) is 5.75 Å². The van der Waals surface area contributed by atoms with Gasteiger partial charge in [-0.1, -0.05) is 76.6 Å². The molecule has 3 aromatic rings. The van der Waals surface area contributed by atoms with Gasteiger partial charge in [-0.25, -0.2) is 8.42 Å². The number of methoxy groups -OCH3 is 1. The van der Waals surface area contributed by atoms with E-state index >= 15 is 0 Å². The Hall–Kier alpha value is -2.15. The first kappa shape index (κ1) is 19.6. The number of sulfonamides is 1. The Morgan fingerprint density at radius 2 is 1.37 bits per heavy atom. The van der Waals surface area contributed by atoms with Crippen LogP contribution in [0.4, 0.5) is 0 Å². The van der Waals surface area contributed by atoms with E-state index in [2.05, 4.69) is 15.9 Å². The van der Waals surface area contributed by atoms with Crippen molar-refractivity contribution in [3.63, 3.8) is 0 Å². The summed E-state index contributed by atoms with van der Waals surface area (Å²) in [6.07, 6.45) is 0. The number of ether oxygens (including phenoxy) is 1. The van der Waals surface area contributed by atoms with Crippen molar-refractivity contribution in [1.29, 1.82) is 0 Å². The van der Waals surface area contributed by atoms with Crippen LogP contribution < -0.4 is 4.74 Å². The monoisotopic (exact) mass is 445 g/mol. The van der Waals surface area contributed by atoms with Crippen molar-refractivity contribution in [1.82, 2.24) is 4.31 Å². The molecule has 3 aromatic carbocycles. The van der Waals surface area contributed by atoms with Gasteiger partial charge < -0.3 is 4.74 Å². The molecule has 0 amide bonds. The summed E-state index contributed by atoms with van der Waals surface area (Å²) in [6, 6.07) is 24.1. The molecule has 0 heterocycles. The number of nitrogens with zero attached hydrogens (tertiary/aromatic N) is 1. The van der Waals surface area contributed by atoms with Gasteiger partial charge in [-0.2, -0.15) is 4.31 Å². The molecule has 0 saturated heterocycles. The molecule has 6 heteroatoms. The van der Waals surface area contributed by atoms with Crippen LogP contribution in [0.2, 0.25) is 0 Å². The van der Waals surface area contributed by atoms with E-state index in [-0.39, 0.29) is 18.0 Å². The third-order valence-electron chi connectivity index (χ3n) is 4.15. The van der Waals surface area contributed by atoms with Crippen molar-refractivity contribution >= 4 is 26.0 Å². The molecule has 0 bridgehead atoms. The molecule has 0 unspecified atom stereocenters. The fourth-order valence-electron chi connectivity index (χ4n) is 2.79. The molecule has 0 aromatic heterocycles. The SMILES string of the molecule is COc1ccc(Br)cc1S(=O)(=O)N(Cc1ccccc1)Cc1ccccc1. The van der Waals surface area contributed by atoms with E-state index in [0.29, 0.717) is 10.2 Å². The maximum absolute atomic E-state index is 13.5. The molecule has 0 aliphatic heterocycles. The molecule has 0 aliphatic carbocycles. The van der Waals surface area contributed by atoms with E-state index in [9.17, 15) is 8.42 Å². The standard InChI is InChI=1S/C21H20BrNO3S/c1-26-20-13-12-19(22)14-21(20)27(24,25)23(15-17-8-4-2-5-9-17)16-18-10-6-3-7-11-18/h2-14H,15-16H2,1H3. The Morgan fingerprint density at radius 3 is 1.85 bits per heavy atom. The minimum Gasteiger partial charge on any atom is -0.495 e. The molecule has 4 nitrogen and oxygen atoms in total. The summed E-state index contributed by atoms with van der Waals surface area (Å²) < 4.78 is 34.5. The van der Waals surface area contributed by atoms with Crippen LogP contribution in [-0.2, 0) is 23.1 Å². The highest BCUT2D eigenvalue weighted by Crippen LogP contribution is 2.31. The van der Waals surface area contributed by atoms with Crippen LogP contribution in [-0.4, -0.2) is 19.8 Å². The number of hydrogen-bond donors (Lipinski definition) is 0. The maximum Gasteiger partial charge on any atom is 0.247 e. The van der Waals surface area contributed by atoms with Crippen LogP contribution in [0.5, 0.6) is 5.75 Å². The molecule has 140 valence electrons. The minimum atomic E-state index is -3.78. The lowest BCUT2D eigenvalue weighted by molar-refractivity contribution is 0.382. The van der Waals surface area contributed by atoms with E-state index in [1.165, 1.54) is 11.4 Å². The second-order valence-corrected chi connectivity index (χ2v) is 8.86. The third-order valence-corrected chi connectivity index (χ3v) is 6.45. The van der Waals surface area contributed by atoms with E-state index < -0.39 is 10.0 Å². The number of rotatable bonds is 7. The van der Waals surface area contributed by atoms with Crippen molar-refractivity contribution in [2.45, 2.75) is 18.0 Å². The maximum atomic E-state index is 13.5. The zero-order valence-corrected chi connectivity index (χ0v) is 17.3. The van der Waals surface area contributed by atoms with Crippen molar-refractivity contribution < 1.29 is 13.2 Å². The molecule has 0 saturated carbocycles. The average Bonchev–Trinajstić information content (AvgIpc) is 2.69. The molecule has 27 heavy (non-hydrogen) atoms. The highest BCUT2D eigenvalue weighted by Gasteiger charge is 2.28. The van der Waals surface area contributed by atoms with Gasteiger partial charge in [0.15, 0.2) is 0 Å². The fraction of sp³-hybridized carbons (Fsp3) is 0.143. The lowest BCUT2D eigenvalue weighted by Gasteiger charge is -2.23. The van der Waals surface area contributed by atoms with Gasteiger partial charge in [-0.3, -0.25) is 0 Å². The highest BCUT2D eigenvalue weighted by molar-refractivity contribution is 9.10.